The first kappa shape index (κ1) is 17.9. The molecule has 2 saturated heterocycles. The van der Waals surface area contributed by atoms with Crippen molar-refractivity contribution in [1.29, 1.82) is 0 Å². The lowest BCUT2D eigenvalue weighted by atomic mass is 10.1. The van der Waals surface area contributed by atoms with Crippen LogP contribution in [-0.4, -0.2) is 53.1 Å². The molecule has 2 aliphatic heterocycles. The SMILES string of the molecule is CC(C)(C)N1CC[C@H](N)C1.C[C@H]1CCN(C(C)(C)C)C1. The third kappa shape index (κ3) is 5.71. The molecule has 120 valence electrons. The Labute approximate surface area is 126 Å². The van der Waals surface area contributed by atoms with Crippen LogP contribution in [0.15, 0.2) is 0 Å². The molecule has 0 amide bonds. The first-order valence-electron chi connectivity index (χ1n) is 8.26. The highest BCUT2D eigenvalue weighted by Crippen LogP contribution is 2.23. The summed E-state index contributed by atoms with van der Waals surface area (Å²) in [6, 6.07) is 0.416. The van der Waals surface area contributed by atoms with Gasteiger partial charge in [-0.05, 0) is 66.8 Å². The van der Waals surface area contributed by atoms with Crippen molar-refractivity contribution in [3.8, 4) is 0 Å². The Morgan fingerprint density at radius 2 is 1.25 bits per heavy atom. The maximum Gasteiger partial charge on any atom is 0.0180 e. The Morgan fingerprint density at radius 1 is 0.800 bits per heavy atom. The topological polar surface area (TPSA) is 32.5 Å². The molecule has 0 aliphatic carbocycles. The van der Waals surface area contributed by atoms with Gasteiger partial charge in [-0.25, -0.2) is 0 Å². The molecule has 2 fully saturated rings. The van der Waals surface area contributed by atoms with Crippen LogP contribution in [0, 0.1) is 5.92 Å². The lowest BCUT2D eigenvalue weighted by Gasteiger charge is -2.31. The van der Waals surface area contributed by atoms with Gasteiger partial charge in [-0.1, -0.05) is 6.92 Å². The largest absolute Gasteiger partial charge is 0.326 e. The molecule has 2 aliphatic rings. The maximum absolute atomic E-state index is 5.78. The van der Waals surface area contributed by atoms with Crippen molar-refractivity contribution >= 4 is 0 Å². The summed E-state index contributed by atoms with van der Waals surface area (Å²) in [6.45, 7) is 20.8. The first-order chi connectivity index (χ1) is 9.00. The van der Waals surface area contributed by atoms with E-state index in [2.05, 4.69) is 58.3 Å². The molecular formula is C17H37N3. The number of nitrogens with zero attached hydrogens (tertiary/aromatic N) is 2. The summed E-state index contributed by atoms with van der Waals surface area (Å²) in [7, 11) is 0. The van der Waals surface area contributed by atoms with E-state index in [0.29, 0.717) is 17.1 Å². The Bertz CT molecular complexity index is 258. The summed E-state index contributed by atoms with van der Waals surface area (Å²) in [5.41, 5.74) is 6.49. The number of likely N-dealkylation sites (tertiary alicyclic amines) is 2. The quantitative estimate of drug-likeness (QED) is 0.742. The Kier molecular flexibility index (Phi) is 6.06. The minimum Gasteiger partial charge on any atom is -0.326 e. The highest BCUT2D eigenvalue weighted by molar-refractivity contribution is 4.86. The number of nitrogens with two attached hydrogens (primary N) is 1. The van der Waals surface area contributed by atoms with Crippen LogP contribution in [0.1, 0.15) is 61.3 Å². The van der Waals surface area contributed by atoms with Crippen molar-refractivity contribution in [1.82, 2.24) is 9.80 Å². The fourth-order valence-corrected chi connectivity index (χ4v) is 2.94. The number of hydrogen-bond donors (Lipinski definition) is 1. The smallest absolute Gasteiger partial charge is 0.0180 e. The minimum atomic E-state index is 0.314. The number of rotatable bonds is 0. The van der Waals surface area contributed by atoms with Gasteiger partial charge in [-0.3, -0.25) is 9.80 Å². The molecule has 3 heteroatoms. The zero-order valence-electron chi connectivity index (χ0n) is 14.9. The molecule has 0 aromatic heterocycles. The van der Waals surface area contributed by atoms with Gasteiger partial charge >= 0.3 is 0 Å². The maximum atomic E-state index is 5.78. The fraction of sp³-hybridized carbons (Fsp3) is 1.00. The summed E-state index contributed by atoms with van der Waals surface area (Å²) in [6.07, 6.45) is 2.55. The molecule has 0 radical (unpaired) electrons. The van der Waals surface area contributed by atoms with Crippen molar-refractivity contribution in [2.45, 2.75) is 78.4 Å². The second kappa shape index (κ2) is 6.76. The highest BCUT2D eigenvalue weighted by Gasteiger charge is 2.28. The van der Waals surface area contributed by atoms with Gasteiger partial charge in [0.2, 0.25) is 0 Å². The summed E-state index contributed by atoms with van der Waals surface area (Å²) >= 11 is 0. The van der Waals surface area contributed by atoms with E-state index in [1.807, 2.05) is 0 Å². The van der Waals surface area contributed by atoms with E-state index in [1.165, 1.54) is 26.1 Å². The van der Waals surface area contributed by atoms with Gasteiger partial charge in [0.25, 0.3) is 0 Å². The van der Waals surface area contributed by atoms with Crippen LogP contribution in [0.3, 0.4) is 0 Å². The van der Waals surface area contributed by atoms with Crippen LogP contribution in [0.2, 0.25) is 0 Å². The molecule has 0 aromatic carbocycles. The lowest BCUT2D eigenvalue weighted by Crippen LogP contribution is -2.40. The van der Waals surface area contributed by atoms with E-state index < -0.39 is 0 Å². The lowest BCUT2D eigenvalue weighted by molar-refractivity contribution is 0.169. The molecule has 2 heterocycles. The molecule has 0 spiro atoms. The van der Waals surface area contributed by atoms with Crippen molar-refractivity contribution in [3.05, 3.63) is 0 Å². The average Bonchev–Trinajstić information content (AvgIpc) is 2.85. The van der Waals surface area contributed by atoms with Crippen LogP contribution in [0.5, 0.6) is 0 Å². The minimum absolute atomic E-state index is 0.314. The molecule has 0 aromatic rings. The molecule has 3 nitrogen and oxygen atoms in total. The zero-order chi connectivity index (χ0) is 15.6. The molecule has 2 N–H and O–H groups in total. The van der Waals surface area contributed by atoms with Gasteiger partial charge in [-0.2, -0.15) is 0 Å². The second-order valence-electron chi connectivity index (χ2n) is 8.68. The average molecular weight is 284 g/mol. The van der Waals surface area contributed by atoms with Gasteiger partial charge in [-0.15, -0.1) is 0 Å². The zero-order valence-corrected chi connectivity index (χ0v) is 14.9. The molecule has 0 unspecified atom stereocenters. The van der Waals surface area contributed by atoms with E-state index in [9.17, 15) is 0 Å². The van der Waals surface area contributed by atoms with Gasteiger partial charge in [0, 0.05) is 36.8 Å². The Hall–Kier alpha value is -0.120. The Balaban J connectivity index is 0.000000200. The van der Waals surface area contributed by atoms with Crippen LogP contribution in [0.25, 0.3) is 0 Å². The van der Waals surface area contributed by atoms with Gasteiger partial charge in [0.1, 0.15) is 0 Å². The van der Waals surface area contributed by atoms with Crippen LogP contribution < -0.4 is 5.73 Å². The summed E-state index contributed by atoms with van der Waals surface area (Å²) in [4.78, 5) is 5.01. The molecule has 20 heavy (non-hydrogen) atoms. The Morgan fingerprint density at radius 3 is 1.45 bits per heavy atom. The van der Waals surface area contributed by atoms with Crippen molar-refractivity contribution in [2.24, 2.45) is 11.7 Å². The predicted molar refractivity (Wildman–Crippen MR) is 89.0 cm³/mol. The van der Waals surface area contributed by atoms with E-state index in [1.54, 1.807) is 0 Å². The standard InChI is InChI=1S/C9H19N.C8H18N2/c1-8-5-6-10(7-8)9(2,3)4;1-8(2,3)10-5-4-7(9)6-10/h8H,5-7H2,1-4H3;7H,4-6,9H2,1-3H3/t8-;7-/m00/s1. The molecular weight excluding hydrogens is 246 g/mol. The summed E-state index contributed by atoms with van der Waals surface area (Å²) in [5.74, 6) is 0.916. The third-order valence-corrected chi connectivity index (χ3v) is 4.55. The van der Waals surface area contributed by atoms with E-state index in [0.717, 1.165) is 18.9 Å². The van der Waals surface area contributed by atoms with Crippen molar-refractivity contribution in [2.75, 3.05) is 26.2 Å². The van der Waals surface area contributed by atoms with Crippen molar-refractivity contribution in [3.63, 3.8) is 0 Å². The van der Waals surface area contributed by atoms with Gasteiger partial charge in [0.05, 0.1) is 0 Å². The summed E-state index contributed by atoms with van der Waals surface area (Å²) < 4.78 is 0. The first-order valence-corrected chi connectivity index (χ1v) is 8.26. The van der Waals surface area contributed by atoms with E-state index in [4.69, 9.17) is 5.73 Å². The second-order valence-corrected chi connectivity index (χ2v) is 8.68. The predicted octanol–water partition coefficient (Wildman–Crippen LogP) is 2.94. The van der Waals surface area contributed by atoms with E-state index in [-0.39, 0.29) is 0 Å². The van der Waals surface area contributed by atoms with Crippen LogP contribution in [-0.2, 0) is 0 Å². The molecule has 0 bridgehead atoms. The third-order valence-electron chi connectivity index (χ3n) is 4.55. The van der Waals surface area contributed by atoms with Crippen molar-refractivity contribution < 1.29 is 0 Å². The monoisotopic (exact) mass is 283 g/mol. The fourth-order valence-electron chi connectivity index (χ4n) is 2.94. The van der Waals surface area contributed by atoms with Gasteiger partial charge < -0.3 is 5.73 Å². The number of hydrogen-bond acceptors (Lipinski definition) is 3. The van der Waals surface area contributed by atoms with E-state index >= 15 is 0 Å². The summed E-state index contributed by atoms with van der Waals surface area (Å²) in [5, 5.41) is 0. The molecule has 0 saturated carbocycles. The molecule has 2 atom stereocenters. The highest BCUT2D eigenvalue weighted by atomic mass is 15.2. The van der Waals surface area contributed by atoms with Crippen LogP contribution >= 0.6 is 0 Å². The molecule has 2 rings (SSSR count). The normalized spacial score (nSPS) is 29.4. The van der Waals surface area contributed by atoms with Gasteiger partial charge in [0.15, 0.2) is 0 Å². The van der Waals surface area contributed by atoms with Crippen LogP contribution in [0.4, 0.5) is 0 Å².